The molecule has 4 rings (SSSR count). The van der Waals surface area contributed by atoms with E-state index in [1.165, 1.54) is 37.3 Å². The summed E-state index contributed by atoms with van der Waals surface area (Å²) in [5.41, 5.74) is 0.949. The van der Waals surface area contributed by atoms with Gasteiger partial charge in [-0.2, -0.15) is 8.78 Å². The average molecular weight is 535 g/mol. The maximum atomic E-state index is 15.0. The normalized spacial score (nSPS) is 15.4. The Bertz CT molecular complexity index is 1350. The summed E-state index contributed by atoms with van der Waals surface area (Å²) in [5, 5.41) is 0. The molecule has 1 aliphatic carbocycles. The number of hydrogen-bond acceptors (Lipinski definition) is 2. The zero-order valence-electron chi connectivity index (χ0n) is 21.2. The first kappa shape index (κ1) is 27.6. The molecule has 0 saturated heterocycles. The van der Waals surface area contributed by atoms with E-state index in [1.807, 2.05) is 6.92 Å². The third-order valence-electron chi connectivity index (χ3n) is 6.81. The molecule has 2 nitrogen and oxygen atoms in total. The predicted octanol–water partition coefficient (Wildman–Crippen LogP) is 8.94. The third kappa shape index (κ3) is 5.69. The summed E-state index contributed by atoms with van der Waals surface area (Å²) in [5.74, 6) is -7.44. The van der Waals surface area contributed by atoms with Crippen molar-refractivity contribution in [2.45, 2.75) is 58.5 Å². The van der Waals surface area contributed by atoms with E-state index in [1.54, 1.807) is 12.1 Å². The fraction of sp³-hybridized carbons (Fsp3) is 0.333. The molecular formula is C30H28F6O2. The molecule has 38 heavy (non-hydrogen) atoms. The van der Waals surface area contributed by atoms with Gasteiger partial charge in [0.25, 0.3) is 0 Å². The Hall–Kier alpha value is -3.42. The Labute approximate surface area is 217 Å². The lowest BCUT2D eigenvalue weighted by molar-refractivity contribution is 0.263. The first-order valence-corrected chi connectivity index (χ1v) is 12.6. The highest BCUT2D eigenvalue weighted by molar-refractivity contribution is 5.67. The number of ether oxygens (including phenoxy) is 2. The second kappa shape index (κ2) is 12.0. The fourth-order valence-electron chi connectivity index (χ4n) is 4.51. The zero-order valence-corrected chi connectivity index (χ0v) is 21.2. The van der Waals surface area contributed by atoms with E-state index in [0.717, 1.165) is 6.42 Å². The first-order chi connectivity index (χ1) is 18.2. The molecule has 1 atom stereocenters. The number of unbranched alkanes of at least 4 members (excludes halogenated alkanes) is 1. The minimum absolute atomic E-state index is 0.0612. The van der Waals surface area contributed by atoms with Crippen LogP contribution >= 0.6 is 0 Å². The van der Waals surface area contributed by atoms with Crippen LogP contribution in [-0.2, 0) is 6.61 Å². The SMILES string of the molecule is CCCCOc1ccc(OCc2ccc(C3=CCC(c4ccc(C)c(F)c4F)CC3)c(F)c2F)c(F)c1F. The van der Waals surface area contributed by atoms with Gasteiger partial charge in [0.1, 0.15) is 6.61 Å². The third-order valence-corrected chi connectivity index (χ3v) is 6.81. The van der Waals surface area contributed by atoms with Gasteiger partial charge in [-0.25, -0.2) is 17.6 Å². The van der Waals surface area contributed by atoms with E-state index in [2.05, 4.69) is 0 Å². The van der Waals surface area contributed by atoms with Crippen LogP contribution in [0.3, 0.4) is 0 Å². The van der Waals surface area contributed by atoms with Gasteiger partial charge in [-0.15, -0.1) is 0 Å². The van der Waals surface area contributed by atoms with E-state index in [0.29, 0.717) is 31.3 Å². The molecule has 1 aliphatic rings. The van der Waals surface area contributed by atoms with Gasteiger partial charge >= 0.3 is 0 Å². The Morgan fingerprint density at radius 2 is 1.47 bits per heavy atom. The van der Waals surface area contributed by atoms with Crippen molar-refractivity contribution in [3.8, 4) is 11.5 Å². The first-order valence-electron chi connectivity index (χ1n) is 12.6. The van der Waals surface area contributed by atoms with E-state index >= 15 is 0 Å². The van der Waals surface area contributed by atoms with Crippen LogP contribution < -0.4 is 9.47 Å². The fourth-order valence-corrected chi connectivity index (χ4v) is 4.51. The molecule has 1 unspecified atom stereocenters. The van der Waals surface area contributed by atoms with Gasteiger partial charge in [-0.1, -0.05) is 43.7 Å². The molecule has 3 aromatic carbocycles. The van der Waals surface area contributed by atoms with Gasteiger partial charge in [0.05, 0.1) is 6.61 Å². The summed E-state index contributed by atoms with van der Waals surface area (Å²) >= 11 is 0. The lowest BCUT2D eigenvalue weighted by atomic mass is 9.82. The van der Waals surface area contributed by atoms with Gasteiger partial charge in [0, 0.05) is 11.1 Å². The molecule has 0 aromatic heterocycles. The molecule has 0 heterocycles. The molecule has 0 radical (unpaired) electrons. The summed E-state index contributed by atoms with van der Waals surface area (Å²) in [6.45, 7) is 3.14. The van der Waals surface area contributed by atoms with Crippen molar-refractivity contribution in [2.75, 3.05) is 6.61 Å². The molecule has 0 aliphatic heterocycles. The highest BCUT2D eigenvalue weighted by atomic mass is 19.2. The number of rotatable bonds is 9. The van der Waals surface area contributed by atoms with Gasteiger partial charge in [-0.05, 0) is 67.4 Å². The number of hydrogen-bond donors (Lipinski definition) is 0. The standard InChI is InChI=1S/C30H28F6O2/c1-3-4-15-37-23-13-14-24(30(36)29(23)35)38-16-20-10-12-22(28(34)26(20)32)19-8-6-18(7-9-19)21-11-5-17(2)25(31)27(21)33/h5,8,10-14,18H,3-4,6-7,9,15-16H2,1-2H3. The Morgan fingerprint density at radius 3 is 2.13 bits per heavy atom. The van der Waals surface area contributed by atoms with Crippen molar-refractivity contribution in [1.29, 1.82) is 0 Å². The summed E-state index contributed by atoms with van der Waals surface area (Å²) in [4.78, 5) is 0. The molecule has 0 N–H and O–H groups in total. The van der Waals surface area contributed by atoms with Crippen molar-refractivity contribution in [1.82, 2.24) is 0 Å². The molecule has 8 heteroatoms. The Balaban J connectivity index is 1.45. The van der Waals surface area contributed by atoms with Crippen molar-refractivity contribution < 1.29 is 35.8 Å². The van der Waals surface area contributed by atoms with Crippen LogP contribution in [0.15, 0.2) is 42.5 Å². The summed E-state index contributed by atoms with van der Waals surface area (Å²) in [6, 6.07) is 8.22. The predicted molar refractivity (Wildman–Crippen MR) is 133 cm³/mol. The molecular weight excluding hydrogens is 506 g/mol. The number of halogens is 6. The number of benzene rings is 3. The van der Waals surface area contributed by atoms with Crippen LogP contribution in [0.2, 0.25) is 0 Å². The van der Waals surface area contributed by atoms with E-state index in [9.17, 15) is 26.3 Å². The van der Waals surface area contributed by atoms with Crippen molar-refractivity contribution in [2.24, 2.45) is 0 Å². The summed E-state index contributed by atoms with van der Waals surface area (Å²) in [7, 11) is 0. The molecule has 202 valence electrons. The van der Waals surface area contributed by atoms with Gasteiger partial charge in [0.15, 0.2) is 34.8 Å². The molecule has 0 spiro atoms. The molecule has 0 bridgehead atoms. The molecule has 3 aromatic rings. The van der Waals surface area contributed by atoms with Crippen LogP contribution in [-0.4, -0.2) is 6.61 Å². The number of allylic oxidation sites excluding steroid dienone is 2. The second-order valence-electron chi connectivity index (χ2n) is 9.38. The van der Waals surface area contributed by atoms with Crippen LogP contribution in [0, 0.1) is 41.8 Å². The van der Waals surface area contributed by atoms with Crippen molar-refractivity contribution >= 4 is 5.57 Å². The second-order valence-corrected chi connectivity index (χ2v) is 9.38. The quantitative estimate of drug-likeness (QED) is 0.202. The molecule has 0 amide bonds. The van der Waals surface area contributed by atoms with E-state index in [4.69, 9.17) is 9.47 Å². The maximum Gasteiger partial charge on any atom is 0.204 e. The van der Waals surface area contributed by atoms with E-state index < -0.39 is 47.3 Å². The monoisotopic (exact) mass is 534 g/mol. The molecule has 0 saturated carbocycles. The van der Waals surface area contributed by atoms with Gasteiger partial charge < -0.3 is 9.47 Å². The molecule has 0 fully saturated rings. The smallest absolute Gasteiger partial charge is 0.204 e. The highest BCUT2D eigenvalue weighted by Crippen LogP contribution is 2.39. The largest absolute Gasteiger partial charge is 0.490 e. The van der Waals surface area contributed by atoms with E-state index in [-0.39, 0.29) is 40.5 Å². The van der Waals surface area contributed by atoms with Crippen molar-refractivity contribution in [3.05, 3.63) is 99.6 Å². The highest BCUT2D eigenvalue weighted by Gasteiger charge is 2.25. The Kier molecular flexibility index (Phi) is 8.69. The van der Waals surface area contributed by atoms with Crippen LogP contribution in [0.25, 0.3) is 5.57 Å². The number of aryl methyl sites for hydroxylation is 1. The van der Waals surface area contributed by atoms with Gasteiger partial charge in [0.2, 0.25) is 11.6 Å². The van der Waals surface area contributed by atoms with Crippen LogP contribution in [0.1, 0.15) is 67.2 Å². The van der Waals surface area contributed by atoms with Crippen molar-refractivity contribution in [3.63, 3.8) is 0 Å². The van der Waals surface area contributed by atoms with Crippen LogP contribution in [0.4, 0.5) is 26.3 Å². The average Bonchev–Trinajstić information content (AvgIpc) is 2.92. The Morgan fingerprint density at radius 1 is 0.763 bits per heavy atom. The summed E-state index contributed by atoms with van der Waals surface area (Å²) in [6.07, 6.45) is 4.37. The van der Waals surface area contributed by atoms with Gasteiger partial charge in [-0.3, -0.25) is 0 Å². The maximum absolute atomic E-state index is 15.0. The van der Waals surface area contributed by atoms with Crippen LogP contribution in [0.5, 0.6) is 11.5 Å². The lowest BCUT2D eigenvalue weighted by Gasteiger charge is -2.24. The summed E-state index contributed by atoms with van der Waals surface area (Å²) < 4.78 is 97.3. The minimum Gasteiger partial charge on any atom is -0.490 e. The lowest BCUT2D eigenvalue weighted by Crippen LogP contribution is -2.10. The zero-order chi connectivity index (χ0) is 27.4. The minimum atomic E-state index is -1.27. The topological polar surface area (TPSA) is 18.5 Å².